The maximum Gasteiger partial charge on any atom is 0.236 e. The van der Waals surface area contributed by atoms with E-state index in [2.05, 4.69) is 31.3 Å². The second-order valence-electron chi connectivity index (χ2n) is 7.36. The van der Waals surface area contributed by atoms with Gasteiger partial charge in [0.1, 0.15) is 0 Å². The van der Waals surface area contributed by atoms with Crippen molar-refractivity contribution in [2.75, 3.05) is 32.7 Å². The molecule has 5 nitrogen and oxygen atoms in total. The third-order valence-corrected chi connectivity index (χ3v) is 5.52. The van der Waals surface area contributed by atoms with Gasteiger partial charge in [-0.3, -0.25) is 9.59 Å². The number of benzene rings is 1. The van der Waals surface area contributed by atoms with Crippen LogP contribution in [-0.2, 0) is 9.59 Å². The first kappa shape index (κ1) is 17.9. The Balaban J connectivity index is 1.60. The summed E-state index contributed by atoms with van der Waals surface area (Å²) < 4.78 is 0. The third-order valence-electron chi connectivity index (χ3n) is 5.52. The lowest BCUT2D eigenvalue weighted by Gasteiger charge is -2.41. The van der Waals surface area contributed by atoms with E-state index >= 15 is 0 Å². The topological polar surface area (TPSA) is 52.7 Å². The second-order valence-corrected chi connectivity index (χ2v) is 7.36. The van der Waals surface area contributed by atoms with Crippen molar-refractivity contribution in [1.29, 1.82) is 0 Å². The molecule has 3 rings (SSSR count). The van der Waals surface area contributed by atoms with Gasteiger partial charge in [-0.15, -0.1) is 0 Å². The van der Waals surface area contributed by atoms with Crippen LogP contribution in [0, 0.1) is 6.92 Å². The van der Waals surface area contributed by atoms with Gasteiger partial charge in [-0.25, -0.2) is 0 Å². The summed E-state index contributed by atoms with van der Waals surface area (Å²) >= 11 is 0. The van der Waals surface area contributed by atoms with Crippen LogP contribution in [0.25, 0.3) is 0 Å². The van der Waals surface area contributed by atoms with E-state index in [4.69, 9.17) is 0 Å². The Morgan fingerprint density at radius 2 is 2.12 bits per heavy atom. The quantitative estimate of drug-likeness (QED) is 0.909. The lowest BCUT2D eigenvalue weighted by molar-refractivity contribution is -0.140. The summed E-state index contributed by atoms with van der Waals surface area (Å²) in [5.74, 6) is 0.594. The van der Waals surface area contributed by atoms with Gasteiger partial charge >= 0.3 is 0 Å². The average molecular weight is 343 g/mol. The molecule has 2 heterocycles. The van der Waals surface area contributed by atoms with Gasteiger partial charge < -0.3 is 15.1 Å². The molecule has 0 spiro atoms. The minimum atomic E-state index is 0.166. The first-order chi connectivity index (χ1) is 12.1. The number of piperazine rings is 1. The third kappa shape index (κ3) is 4.21. The molecule has 2 fully saturated rings. The summed E-state index contributed by atoms with van der Waals surface area (Å²) in [5.41, 5.74) is 2.49. The van der Waals surface area contributed by atoms with Crippen LogP contribution in [0.15, 0.2) is 24.3 Å². The molecule has 1 aromatic rings. The molecule has 0 unspecified atom stereocenters. The molecular weight excluding hydrogens is 314 g/mol. The van der Waals surface area contributed by atoms with E-state index in [9.17, 15) is 9.59 Å². The predicted molar refractivity (Wildman–Crippen MR) is 98.4 cm³/mol. The van der Waals surface area contributed by atoms with Crippen LogP contribution < -0.4 is 5.32 Å². The van der Waals surface area contributed by atoms with Crippen molar-refractivity contribution in [1.82, 2.24) is 15.1 Å². The minimum absolute atomic E-state index is 0.166. The van der Waals surface area contributed by atoms with Crippen molar-refractivity contribution < 1.29 is 9.59 Å². The van der Waals surface area contributed by atoms with Crippen molar-refractivity contribution in [3.63, 3.8) is 0 Å². The van der Waals surface area contributed by atoms with E-state index in [0.29, 0.717) is 19.5 Å². The molecule has 0 saturated carbocycles. The summed E-state index contributed by atoms with van der Waals surface area (Å²) in [6.45, 7) is 7.76. The van der Waals surface area contributed by atoms with Crippen LogP contribution in [0.2, 0.25) is 0 Å². The molecule has 25 heavy (non-hydrogen) atoms. The van der Waals surface area contributed by atoms with Crippen LogP contribution in [0.5, 0.6) is 0 Å². The van der Waals surface area contributed by atoms with Crippen LogP contribution in [0.1, 0.15) is 43.2 Å². The first-order valence-corrected chi connectivity index (χ1v) is 9.39. The van der Waals surface area contributed by atoms with Crippen LogP contribution in [-0.4, -0.2) is 60.4 Å². The highest BCUT2D eigenvalue weighted by Crippen LogP contribution is 2.25. The molecule has 0 radical (unpaired) electrons. The van der Waals surface area contributed by atoms with Crippen LogP contribution >= 0.6 is 0 Å². The number of carbonyl (C=O) groups is 2. The number of nitrogens with zero attached hydrogens (tertiary/aromatic N) is 2. The molecule has 0 aromatic heterocycles. The van der Waals surface area contributed by atoms with Crippen molar-refractivity contribution >= 4 is 11.8 Å². The predicted octanol–water partition coefficient (Wildman–Crippen LogP) is 1.91. The zero-order valence-electron chi connectivity index (χ0n) is 15.3. The zero-order chi connectivity index (χ0) is 17.8. The molecule has 136 valence electrons. The summed E-state index contributed by atoms with van der Waals surface area (Å²) in [4.78, 5) is 28.9. The van der Waals surface area contributed by atoms with E-state index in [0.717, 1.165) is 32.5 Å². The fraction of sp³-hybridized carbons (Fsp3) is 0.600. The van der Waals surface area contributed by atoms with E-state index in [1.54, 1.807) is 0 Å². The Morgan fingerprint density at radius 3 is 2.88 bits per heavy atom. The molecule has 2 atom stereocenters. The number of carbonyl (C=O) groups excluding carboxylic acids is 2. The van der Waals surface area contributed by atoms with Crippen molar-refractivity contribution in [2.45, 2.75) is 45.1 Å². The number of rotatable bonds is 4. The number of likely N-dealkylation sites (tertiary alicyclic amines) is 1. The summed E-state index contributed by atoms with van der Waals surface area (Å²) in [7, 11) is 0. The smallest absolute Gasteiger partial charge is 0.236 e. The van der Waals surface area contributed by atoms with Gasteiger partial charge in [0.2, 0.25) is 11.8 Å². The molecule has 0 aliphatic carbocycles. The molecule has 1 N–H and O–H groups in total. The zero-order valence-corrected chi connectivity index (χ0v) is 15.3. The van der Waals surface area contributed by atoms with Gasteiger partial charge in [-0.05, 0) is 36.8 Å². The Labute approximate surface area is 150 Å². The number of amides is 2. The van der Waals surface area contributed by atoms with E-state index in [-0.39, 0.29) is 23.8 Å². The number of aryl methyl sites for hydroxylation is 1. The Kier molecular flexibility index (Phi) is 5.74. The number of piperidine rings is 1. The first-order valence-electron chi connectivity index (χ1n) is 9.39. The molecule has 2 saturated heterocycles. The van der Waals surface area contributed by atoms with E-state index in [1.165, 1.54) is 11.1 Å². The average Bonchev–Trinajstić information content (AvgIpc) is 2.62. The Hall–Kier alpha value is -1.88. The van der Waals surface area contributed by atoms with Gasteiger partial charge in [-0.2, -0.15) is 0 Å². The minimum Gasteiger partial charge on any atom is -0.341 e. The van der Waals surface area contributed by atoms with Gasteiger partial charge in [-0.1, -0.05) is 31.2 Å². The Morgan fingerprint density at radius 1 is 1.32 bits per heavy atom. The molecule has 0 bridgehead atoms. The normalized spacial score (nSPS) is 22.8. The van der Waals surface area contributed by atoms with Gasteiger partial charge in [0.05, 0.1) is 6.54 Å². The molecular formula is C20H29N3O2. The highest BCUT2D eigenvalue weighted by Gasteiger charge is 2.31. The summed E-state index contributed by atoms with van der Waals surface area (Å²) in [6, 6.07) is 8.47. The van der Waals surface area contributed by atoms with Gasteiger partial charge in [0, 0.05) is 38.6 Å². The summed E-state index contributed by atoms with van der Waals surface area (Å²) in [5, 5.41) is 3.12. The fourth-order valence-corrected chi connectivity index (χ4v) is 4.08. The molecule has 1 aromatic carbocycles. The maximum atomic E-state index is 12.8. The standard InChI is InChI=1S/C20H29N3O2/c1-15-6-3-4-8-18(15)16(2)12-19(24)22-10-5-7-17(14-22)23-11-9-21-13-20(23)25/h3-4,6,8,16-17,21H,5,7,9-14H2,1-2H3/t16-,17-/m0/s1. The van der Waals surface area contributed by atoms with Crippen molar-refractivity contribution in [3.8, 4) is 0 Å². The lowest BCUT2D eigenvalue weighted by Crippen LogP contribution is -2.57. The number of hydrogen-bond donors (Lipinski definition) is 1. The number of nitrogens with one attached hydrogen (secondary N) is 1. The molecule has 5 heteroatoms. The SMILES string of the molecule is Cc1ccccc1[C@@H](C)CC(=O)N1CCC[C@H](N2CCNCC2=O)C1. The van der Waals surface area contributed by atoms with E-state index in [1.807, 2.05) is 21.9 Å². The van der Waals surface area contributed by atoms with Gasteiger partial charge in [0.25, 0.3) is 0 Å². The molecule has 2 aliphatic heterocycles. The van der Waals surface area contributed by atoms with Crippen molar-refractivity contribution in [2.24, 2.45) is 0 Å². The monoisotopic (exact) mass is 343 g/mol. The van der Waals surface area contributed by atoms with E-state index < -0.39 is 0 Å². The highest BCUT2D eigenvalue weighted by molar-refractivity contribution is 5.80. The second kappa shape index (κ2) is 8.00. The van der Waals surface area contributed by atoms with Crippen LogP contribution in [0.4, 0.5) is 0 Å². The number of hydrogen-bond acceptors (Lipinski definition) is 3. The molecule has 2 amide bonds. The van der Waals surface area contributed by atoms with Gasteiger partial charge in [0.15, 0.2) is 0 Å². The lowest BCUT2D eigenvalue weighted by atomic mass is 9.92. The fourth-order valence-electron chi connectivity index (χ4n) is 4.08. The maximum absolute atomic E-state index is 12.8. The summed E-state index contributed by atoms with van der Waals surface area (Å²) in [6.07, 6.45) is 2.52. The van der Waals surface area contributed by atoms with Crippen molar-refractivity contribution in [3.05, 3.63) is 35.4 Å². The largest absolute Gasteiger partial charge is 0.341 e. The highest BCUT2D eigenvalue weighted by atomic mass is 16.2. The van der Waals surface area contributed by atoms with Crippen LogP contribution in [0.3, 0.4) is 0 Å². The Bertz CT molecular complexity index is 631. The molecule has 2 aliphatic rings.